The quantitative estimate of drug-likeness (QED) is 0.743. The molecule has 19 heavy (non-hydrogen) atoms. The molecule has 104 valence electrons. The standard InChI is InChI=1S/C14H21N3O2/c1-11(19)16-13-4-2-12(3-5-13)14(10-18)17-8-6-15-7-9-17/h2-5,14-15,18H,6-10H2,1H3,(H,16,19)/t14-/m1/s1. The van der Waals surface area contributed by atoms with Crippen molar-refractivity contribution in [2.75, 3.05) is 38.1 Å². The molecule has 3 N–H and O–H groups in total. The highest BCUT2D eigenvalue weighted by Crippen LogP contribution is 2.22. The maximum atomic E-state index is 11.0. The predicted molar refractivity (Wildman–Crippen MR) is 75.0 cm³/mol. The van der Waals surface area contributed by atoms with Crippen molar-refractivity contribution in [3.05, 3.63) is 29.8 Å². The molecular formula is C14H21N3O2. The smallest absolute Gasteiger partial charge is 0.221 e. The molecule has 1 amide bonds. The SMILES string of the molecule is CC(=O)Nc1ccc([C@@H](CO)N2CCNCC2)cc1. The minimum Gasteiger partial charge on any atom is -0.394 e. The maximum Gasteiger partial charge on any atom is 0.221 e. The van der Waals surface area contributed by atoms with E-state index in [-0.39, 0.29) is 18.6 Å². The van der Waals surface area contributed by atoms with Crippen molar-refractivity contribution in [1.82, 2.24) is 10.2 Å². The normalized spacial score (nSPS) is 18.0. The lowest BCUT2D eigenvalue weighted by Crippen LogP contribution is -2.46. The number of aliphatic hydroxyl groups is 1. The van der Waals surface area contributed by atoms with Gasteiger partial charge in [-0.2, -0.15) is 0 Å². The van der Waals surface area contributed by atoms with Crippen molar-refractivity contribution in [3.8, 4) is 0 Å². The van der Waals surface area contributed by atoms with Crippen LogP contribution in [0, 0.1) is 0 Å². The third kappa shape index (κ3) is 3.76. The van der Waals surface area contributed by atoms with Crippen molar-refractivity contribution in [3.63, 3.8) is 0 Å². The zero-order valence-corrected chi connectivity index (χ0v) is 11.2. The Morgan fingerprint density at radius 2 is 2.00 bits per heavy atom. The third-order valence-electron chi connectivity index (χ3n) is 3.38. The summed E-state index contributed by atoms with van der Waals surface area (Å²) in [6, 6.07) is 7.72. The average molecular weight is 263 g/mol. The molecule has 1 aliphatic rings. The summed E-state index contributed by atoms with van der Waals surface area (Å²) in [5.74, 6) is -0.0754. The van der Waals surface area contributed by atoms with Crippen LogP contribution in [-0.2, 0) is 4.79 Å². The van der Waals surface area contributed by atoms with Gasteiger partial charge in [0.1, 0.15) is 0 Å². The molecule has 0 bridgehead atoms. The van der Waals surface area contributed by atoms with Crippen molar-refractivity contribution < 1.29 is 9.90 Å². The first-order valence-corrected chi connectivity index (χ1v) is 6.64. The molecule has 5 nitrogen and oxygen atoms in total. The Morgan fingerprint density at radius 3 is 2.53 bits per heavy atom. The van der Waals surface area contributed by atoms with E-state index in [0.29, 0.717) is 0 Å². The highest BCUT2D eigenvalue weighted by Gasteiger charge is 2.21. The second-order valence-corrected chi connectivity index (χ2v) is 4.79. The molecule has 0 spiro atoms. The van der Waals surface area contributed by atoms with Crippen LogP contribution >= 0.6 is 0 Å². The van der Waals surface area contributed by atoms with E-state index in [4.69, 9.17) is 0 Å². The Labute approximate surface area is 113 Å². The lowest BCUT2D eigenvalue weighted by Gasteiger charge is -2.34. The van der Waals surface area contributed by atoms with Crippen molar-refractivity contribution in [2.24, 2.45) is 0 Å². The van der Waals surface area contributed by atoms with Gasteiger partial charge in [-0.15, -0.1) is 0 Å². The predicted octanol–water partition coefficient (Wildman–Crippen LogP) is 0.584. The van der Waals surface area contributed by atoms with Gasteiger partial charge in [0, 0.05) is 38.8 Å². The molecule has 1 saturated heterocycles. The van der Waals surface area contributed by atoms with Crippen molar-refractivity contribution in [1.29, 1.82) is 0 Å². The second-order valence-electron chi connectivity index (χ2n) is 4.79. The van der Waals surface area contributed by atoms with Gasteiger partial charge in [-0.1, -0.05) is 12.1 Å². The monoisotopic (exact) mass is 263 g/mol. The number of amides is 1. The van der Waals surface area contributed by atoms with Gasteiger partial charge in [0.15, 0.2) is 0 Å². The molecular weight excluding hydrogens is 242 g/mol. The summed E-state index contributed by atoms with van der Waals surface area (Å²) in [5.41, 5.74) is 1.87. The van der Waals surface area contributed by atoms with Crippen LogP contribution in [0.2, 0.25) is 0 Å². The van der Waals surface area contributed by atoms with E-state index in [1.165, 1.54) is 6.92 Å². The second kappa shape index (κ2) is 6.65. The Kier molecular flexibility index (Phi) is 4.90. The number of hydrogen-bond donors (Lipinski definition) is 3. The van der Waals surface area contributed by atoms with Gasteiger partial charge < -0.3 is 15.7 Å². The molecule has 1 fully saturated rings. The average Bonchev–Trinajstić information content (AvgIpc) is 2.42. The molecule has 2 rings (SSSR count). The fourth-order valence-corrected chi connectivity index (χ4v) is 2.42. The number of piperazine rings is 1. The Balaban J connectivity index is 2.07. The number of aliphatic hydroxyl groups excluding tert-OH is 1. The summed E-state index contributed by atoms with van der Waals surface area (Å²) in [6.07, 6.45) is 0. The molecule has 1 aliphatic heterocycles. The van der Waals surface area contributed by atoms with Gasteiger partial charge in [0.05, 0.1) is 12.6 Å². The summed E-state index contributed by atoms with van der Waals surface area (Å²) in [4.78, 5) is 13.3. The fourth-order valence-electron chi connectivity index (χ4n) is 2.42. The fraction of sp³-hybridized carbons (Fsp3) is 0.500. The molecule has 0 radical (unpaired) electrons. The van der Waals surface area contributed by atoms with E-state index in [2.05, 4.69) is 15.5 Å². The van der Waals surface area contributed by atoms with E-state index >= 15 is 0 Å². The zero-order chi connectivity index (χ0) is 13.7. The molecule has 1 aromatic carbocycles. The van der Waals surface area contributed by atoms with Gasteiger partial charge in [-0.3, -0.25) is 9.69 Å². The minimum absolute atomic E-state index is 0.0356. The number of nitrogens with one attached hydrogen (secondary N) is 2. The van der Waals surface area contributed by atoms with E-state index in [0.717, 1.165) is 37.4 Å². The Morgan fingerprint density at radius 1 is 1.37 bits per heavy atom. The summed E-state index contributed by atoms with van der Waals surface area (Å²) in [5, 5.41) is 15.7. The van der Waals surface area contributed by atoms with Gasteiger partial charge in [-0.05, 0) is 17.7 Å². The van der Waals surface area contributed by atoms with Crippen molar-refractivity contribution >= 4 is 11.6 Å². The van der Waals surface area contributed by atoms with E-state index in [1.54, 1.807) is 0 Å². The van der Waals surface area contributed by atoms with E-state index in [1.807, 2.05) is 24.3 Å². The third-order valence-corrected chi connectivity index (χ3v) is 3.38. The van der Waals surface area contributed by atoms with Crippen LogP contribution in [0.15, 0.2) is 24.3 Å². The van der Waals surface area contributed by atoms with Gasteiger partial charge >= 0.3 is 0 Å². The van der Waals surface area contributed by atoms with Crippen LogP contribution in [0.4, 0.5) is 5.69 Å². The zero-order valence-electron chi connectivity index (χ0n) is 11.2. The summed E-state index contributed by atoms with van der Waals surface area (Å²) >= 11 is 0. The van der Waals surface area contributed by atoms with Crippen LogP contribution in [-0.4, -0.2) is 48.7 Å². The first-order valence-electron chi connectivity index (χ1n) is 6.64. The molecule has 1 heterocycles. The maximum absolute atomic E-state index is 11.0. The Hall–Kier alpha value is -1.43. The minimum atomic E-state index is -0.0754. The molecule has 0 saturated carbocycles. The highest BCUT2D eigenvalue weighted by atomic mass is 16.3. The Bertz CT molecular complexity index is 413. The molecule has 1 aromatic rings. The number of carbonyl (C=O) groups is 1. The molecule has 0 aromatic heterocycles. The molecule has 0 aliphatic carbocycles. The van der Waals surface area contributed by atoms with Crippen LogP contribution < -0.4 is 10.6 Å². The van der Waals surface area contributed by atoms with Crippen LogP contribution in [0.25, 0.3) is 0 Å². The van der Waals surface area contributed by atoms with Crippen LogP contribution in [0.1, 0.15) is 18.5 Å². The van der Waals surface area contributed by atoms with E-state index in [9.17, 15) is 9.90 Å². The first kappa shape index (κ1) is 14.0. The lowest BCUT2D eigenvalue weighted by atomic mass is 10.0. The van der Waals surface area contributed by atoms with Crippen LogP contribution in [0.3, 0.4) is 0 Å². The van der Waals surface area contributed by atoms with Crippen LogP contribution in [0.5, 0.6) is 0 Å². The number of rotatable bonds is 4. The largest absolute Gasteiger partial charge is 0.394 e. The summed E-state index contributed by atoms with van der Waals surface area (Å²) in [6.45, 7) is 5.41. The lowest BCUT2D eigenvalue weighted by molar-refractivity contribution is -0.114. The van der Waals surface area contributed by atoms with Gasteiger partial charge in [0.2, 0.25) is 5.91 Å². The van der Waals surface area contributed by atoms with Crippen molar-refractivity contribution in [2.45, 2.75) is 13.0 Å². The number of hydrogen-bond acceptors (Lipinski definition) is 4. The summed E-state index contributed by atoms with van der Waals surface area (Å²) in [7, 11) is 0. The molecule has 0 unspecified atom stereocenters. The number of benzene rings is 1. The van der Waals surface area contributed by atoms with Gasteiger partial charge in [-0.25, -0.2) is 0 Å². The summed E-state index contributed by atoms with van der Waals surface area (Å²) < 4.78 is 0. The number of carbonyl (C=O) groups excluding carboxylic acids is 1. The molecule has 5 heteroatoms. The topological polar surface area (TPSA) is 64.6 Å². The molecule has 1 atom stereocenters. The number of anilines is 1. The van der Waals surface area contributed by atoms with E-state index < -0.39 is 0 Å². The number of nitrogens with zero attached hydrogens (tertiary/aromatic N) is 1. The first-order chi connectivity index (χ1) is 9.20. The highest BCUT2D eigenvalue weighted by molar-refractivity contribution is 5.88. The van der Waals surface area contributed by atoms with Gasteiger partial charge in [0.25, 0.3) is 0 Å².